The molecular weight excluding hydrogens is 154 g/mol. The van der Waals surface area contributed by atoms with Gasteiger partial charge >= 0.3 is 0 Å². The maximum absolute atomic E-state index is 5.35. The van der Waals surface area contributed by atoms with Gasteiger partial charge < -0.3 is 11.1 Å². The van der Waals surface area contributed by atoms with E-state index in [4.69, 9.17) is 5.73 Å². The standard InChI is InChI=1S/C7H13N5/c8-6-10-7(12-11-6)9-4-3-5-1-2-5/h5H,1-4H2,(H4,8,9,10,11,12). The molecule has 1 aliphatic carbocycles. The number of H-pyrrole nitrogens is 1. The number of hydrogen-bond acceptors (Lipinski definition) is 4. The van der Waals surface area contributed by atoms with Crippen LogP contribution in [-0.4, -0.2) is 21.7 Å². The molecule has 1 aromatic heterocycles. The molecule has 0 aliphatic heterocycles. The van der Waals surface area contributed by atoms with Gasteiger partial charge in [-0.2, -0.15) is 4.98 Å². The fourth-order valence-electron chi connectivity index (χ4n) is 1.15. The van der Waals surface area contributed by atoms with Crippen LogP contribution in [0.4, 0.5) is 11.9 Å². The number of nitrogens with zero attached hydrogens (tertiary/aromatic N) is 2. The van der Waals surface area contributed by atoms with E-state index >= 15 is 0 Å². The summed E-state index contributed by atoms with van der Waals surface area (Å²) in [5.74, 6) is 1.91. The van der Waals surface area contributed by atoms with Crippen molar-refractivity contribution in [2.24, 2.45) is 5.92 Å². The van der Waals surface area contributed by atoms with Crippen LogP contribution in [0.15, 0.2) is 0 Å². The molecule has 66 valence electrons. The summed E-state index contributed by atoms with van der Waals surface area (Å²) in [5, 5.41) is 9.54. The quantitative estimate of drug-likeness (QED) is 0.613. The van der Waals surface area contributed by atoms with Gasteiger partial charge in [0.05, 0.1) is 0 Å². The van der Waals surface area contributed by atoms with E-state index in [2.05, 4.69) is 20.5 Å². The average Bonchev–Trinajstić information content (AvgIpc) is 2.76. The van der Waals surface area contributed by atoms with Crippen molar-refractivity contribution in [1.29, 1.82) is 0 Å². The Morgan fingerprint density at radius 2 is 2.42 bits per heavy atom. The van der Waals surface area contributed by atoms with Gasteiger partial charge in [0.2, 0.25) is 11.9 Å². The van der Waals surface area contributed by atoms with E-state index in [1.807, 2.05) is 0 Å². The van der Waals surface area contributed by atoms with Crippen molar-refractivity contribution in [2.75, 3.05) is 17.6 Å². The van der Waals surface area contributed by atoms with Crippen molar-refractivity contribution in [3.05, 3.63) is 0 Å². The van der Waals surface area contributed by atoms with Crippen LogP contribution in [0.5, 0.6) is 0 Å². The van der Waals surface area contributed by atoms with Gasteiger partial charge in [-0.1, -0.05) is 12.8 Å². The van der Waals surface area contributed by atoms with E-state index in [9.17, 15) is 0 Å². The Hall–Kier alpha value is -1.26. The molecule has 1 heterocycles. The van der Waals surface area contributed by atoms with Crippen molar-refractivity contribution in [2.45, 2.75) is 19.3 Å². The van der Waals surface area contributed by atoms with E-state index in [0.717, 1.165) is 12.5 Å². The van der Waals surface area contributed by atoms with Gasteiger partial charge in [-0.3, -0.25) is 0 Å². The van der Waals surface area contributed by atoms with E-state index in [0.29, 0.717) is 11.9 Å². The highest BCUT2D eigenvalue weighted by molar-refractivity contribution is 5.29. The molecule has 4 N–H and O–H groups in total. The Balaban J connectivity index is 1.71. The first-order valence-corrected chi connectivity index (χ1v) is 4.26. The minimum atomic E-state index is 0.365. The summed E-state index contributed by atoms with van der Waals surface area (Å²) in [6.45, 7) is 0.946. The highest BCUT2D eigenvalue weighted by atomic mass is 15.3. The number of hydrogen-bond donors (Lipinski definition) is 3. The van der Waals surface area contributed by atoms with Crippen LogP contribution < -0.4 is 11.1 Å². The second kappa shape index (κ2) is 3.00. The van der Waals surface area contributed by atoms with E-state index in [1.165, 1.54) is 19.3 Å². The van der Waals surface area contributed by atoms with Gasteiger partial charge in [0.15, 0.2) is 0 Å². The van der Waals surface area contributed by atoms with Gasteiger partial charge in [-0.15, -0.1) is 5.10 Å². The van der Waals surface area contributed by atoms with Crippen molar-refractivity contribution in [1.82, 2.24) is 15.2 Å². The highest BCUT2D eigenvalue weighted by Gasteiger charge is 2.20. The third-order valence-electron chi connectivity index (χ3n) is 2.04. The van der Waals surface area contributed by atoms with Crippen LogP contribution in [-0.2, 0) is 0 Å². The van der Waals surface area contributed by atoms with Gasteiger partial charge in [0.1, 0.15) is 0 Å². The summed E-state index contributed by atoms with van der Waals surface area (Å²) in [6, 6.07) is 0. The number of nitrogens with two attached hydrogens (primary N) is 1. The second-order valence-electron chi connectivity index (χ2n) is 3.20. The molecule has 0 radical (unpaired) electrons. The number of nitrogen functional groups attached to an aromatic ring is 1. The van der Waals surface area contributed by atoms with Gasteiger partial charge in [0, 0.05) is 6.54 Å². The highest BCUT2D eigenvalue weighted by Crippen LogP contribution is 2.31. The number of rotatable bonds is 4. The summed E-state index contributed by atoms with van der Waals surface area (Å²) in [6.07, 6.45) is 3.99. The lowest BCUT2D eigenvalue weighted by molar-refractivity contribution is 0.756. The molecule has 1 aliphatic rings. The lowest BCUT2D eigenvalue weighted by Crippen LogP contribution is -2.03. The molecule has 0 amide bonds. The number of aromatic nitrogens is 3. The topological polar surface area (TPSA) is 79.6 Å². The van der Waals surface area contributed by atoms with Gasteiger partial charge in [-0.05, 0) is 12.3 Å². The largest absolute Gasteiger partial charge is 0.368 e. The van der Waals surface area contributed by atoms with E-state index < -0.39 is 0 Å². The van der Waals surface area contributed by atoms with Gasteiger partial charge in [0.25, 0.3) is 0 Å². The van der Waals surface area contributed by atoms with E-state index in [1.54, 1.807) is 0 Å². The monoisotopic (exact) mass is 167 g/mol. The summed E-state index contributed by atoms with van der Waals surface area (Å²) < 4.78 is 0. The molecule has 0 spiro atoms. The Morgan fingerprint density at radius 1 is 1.58 bits per heavy atom. The summed E-state index contributed by atoms with van der Waals surface area (Å²) in [5.41, 5.74) is 5.35. The normalized spacial score (nSPS) is 16.3. The van der Waals surface area contributed by atoms with Crippen molar-refractivity contribution in [3.63, 3.8) is 0 Å². The maximum Gasteiger partial charge on any atom is 0.243 e. The van der Waals surface area contributed by atoms with E-state index in [-0.39, 0.29) is 0 Å². The third-order valence-corrected chi connectivity index (χ3v) is 2.04. The van der Waals surface area contributed by atoms with Crippen LogP contribution in [0.2, 0.25) is 0 Å². The zero-order valence-electron chi connectivity index (χ0n) is 6.88. The minimum absolute atomic E-state index is 0.365. The number of nitrogens with one attached hydrogen (secondary N) is 2. The molecule has 5 nitrogen and oxygen atoms in total. The molecule has 1 saturated carbocycles. The van der Waals surface area contributed by atoms with Crippen LogP contribution in [0, 0.1) is 5.92 Å². The second-order valence-corrected chi connectivity index (χ2v) is 3.20. The molecule has 2 rings (SSSR count). The van der Waals surface area contributed by atoms with Crippen molar-refractivity contribution >= 4 is 11.9 Å². The average molecular weight is 167 g/mol. The Kier molecular flexibility index (Phi) is 1.85. The first kappa shape index (κ1) is 7.39. The predicted octanol–water partition coefficient (Wildman–Crippen LogP) is 0.599. The predicted molar refractivity (Wildman–Crippen MR) is 46.6 cm³/mol. The lowest BCUT2D eigenvalue weighted by Gasteiger charge is -1.98. The Labute approximate surface area is 70.8 Å². The first-order valence-electron chi connectivity index (χ1n) is 4.26. The Bertz CT molecular complexity index is 252. The fourth-order valence-corrected chi connectivity index (χ4v) is 1.15. The summed E-state index contributed by atoms with van der Waals surface area (Å²) >= 11 is 0. The fraction of sp³-hybridized carbons (Fsp3) is 0.714. The minimum Gasteiger partial charge on any atom is -0.368 e. The summed E-state index contributed by atoms with van der Waals surface area (Å²) in [4.78, 5) is 3.93. The van der Waals surface area contributed by atoms with Crippen LogP contribution in [0.1, 0.15) is 19.3 Å². The number of aromatic amines is 1. The molecular formula is C7H13N5. The molecule has 12 heavy (non-hydrogen) atoms. The SMILES string of the molecule is Nc1nc(NCCC2CC2)n[nH]1. The smallest absolute Gasteiger partial charge is 0.243 e. The van der Waals surface area contributed by atoms with Crippen LogP contribution in [0.25, 0.3) is 0 Å². The van der Waals surface area contributed by atoms with Crippen LogP contribution in [0.3, 0.4) is 0 Å². The zero-order chi connectivity index (χ0) is 8.39. The molecule has 0 saturated heterocycles. The summed E-state index contributed by atoms with van der Waals surface area (Å²) in [7, 11) is 0. The van der Waals surface area contributed by atoms with Crippen LogP contribution >= 0.6 is 0 Å². The number of anilines is 2. The van der Waals surface area contributed by atoms with Gasteiger partial charge in [-0.25, -0.2) is 5.10 Å². The molecule has 0 bridgehead atoms. The third kappa shape index (κ3) is 1.87. The van der Waals surface area contributed by atoms with Crippen molar-refractivity contribution < 1.29 is 0 Å². The zero-order valence-corrected chi connectivity index (χ0v) is 6.88. The maximum atomic E-state index is 5.35. The molecule has 1 aromatic rings. The van der Waals surface area contributed by atoms with Crippen molar-refractivity contribution in [3.8, 4) is 0 Å². The molecule has 1 fully saturated rings. The Morgan fingerprint density at radius 3 is 3.00 bits per heavy atom. The molecule has 5 heteroatoms. The molecule has 0 aromatic carbocycles. The lowest BCUT2D eigenvalue weighted by atomic mass is 10.3. The first-order chi connectivity index (χ1) is 5.84. The molecule has 0 atom stereocenters. The molecule has 0 unspecified atom stereocenters.